The Labute approximate surface area is 118 Å². The Balaban J connectivity index is 2.36. The molecule has 0 radical (unpaired) electrons. The van der Waals surface area contributed by atoms with Crippen molar-refractivity contribution < 1.29 is 19.6 Å². The van der Waals surface area contributed by atoms with Crippen molar-refractivity contribution in [2.45, 2.75) is 0 Å². The van der Waals surface area contributed by atoms with E-state index in [0.717, 1.165) is 0 Å². The molecule has 0 bridgehead atoms. The predicted molar refractivity (Wildman–Crippen MR) is 71.2 cm³/mol. The number of nitrogens with zero attached hydrogens (tertiary/aromatic N) is 1. The van der Waals surface area contributed by atoms with E-state index >= 15 is 0 Å². The fourth-order valence-corrected chi connectivity index (χ4v) is 1.79. The molecule has 0 heterocycles. The fraction of sp³-hybridized carbons (Fsp3) is 0. The van der Waals surface area contributed by atoms with Gasteiger partial charge in [0.25, 0.3) is 0 Å². The van der Waals surface area contributed by atoms with Gasteiger partial charge in [0.1, 0.15) is 16.3 Å². The van der Waals surface area contributed by atoms with E-state index in [1.54, 1.807) is 0 Å². The number of benzene rings is 2. The van der Waals surface area contributed by atoms with Crippen molar-refractivity contribution in [2.24, 2.45) is 0 Å². The van der Waals surface area contributed by atoms with E-state index in [2.05, 4.69) is 0 Å². The number of hydrogen-bond donors (Lipinski definition) is 1. The molecule has 0 atom stereocenters. The van der Waals surface area contributed by atoms with Gasteiger partial charge in [0, 0.05) is 0 Å². The summed E-state index contributed by atoms with van der Waals surface area (Å²) in [4.78, 5) is 22.0. The van der Waals surface area contributed by atoms with Crippen LogP contribution in [0.2, 0.25) is 5.02 Å². The van der Waals surface area contributed by atoms with Crippen LogP contribution in [0.25, 0.3) is 0 Å². The number of halogens is 1. The minimum Gasteiger partial charge on any atom is -0.507 e. The zero-order valence-electron chi connectivity index (χ0n) is 9.95. The molecule has 0 saturated carbocycles. The molecule has 0 amide bonds. The standard InChI is InChI=1S/C13H8ClNO5/c14-9-5-3-7-11(12(9)15(18)19)20-13(17)8-4-1-2-6-10(8)16/h1-7,16H. The topological polar surface area (TPSA) is 89.7 Å². The monoisotopic (exact) mass is 293 g/mol. The van der Waals surface area contributed by atoms with Gasteiger partial charge >= 0.3 is 11.7 Å². The lowest BCUT2D eigenvalue weighted by Crippen LogP contribution is -2.10. The van der Waals surface area contributed by atoms with Gasteiger partial charge in [-0.3, -0.25) is 10.1 Å². The van der Waals surface area contributed by atoms with Crippen molar-refractivity contribution in [3.63, 3.8) is 0 Å². The van der Waals surface area contributed by atoms with Crippen LogP contribution in [0.4, 0.5) is 5.69 Å². The molecule has 0 aliphatic rings. The lowest BCUT2D eigenvalue weighted by molar-refractivity contribution is -0.385. The number of carbonyl (C=O) groups is 1. The van der Waals surface area contributed by atoms with Crippen LogP contribution in [0, 0.1) is 10.1 Å². The van der Waals surface area contributed by atoms with Crippen LogP contribution in [0.1, 0.15) is 10.4 Å². The van der Waals surface area contributed by atoms with Crippen molar-refractivity contribution >= 4 is 23.3 Å². The molecule has 2 aromatic rings. The SMILES string of the molecule is O=C(Oc1cccc(Cl)c1[N+](=O)[O-])c1ccccc1O. The number of esters is 1. The Bertz CT molecular complexity index is 686. The van der Waals surface area contributed by atoms with E-state index in [4.69, 9.17) is 16.3 Å². The van der Waals surface area contributed by atoms with Gasteiger partial charge in [-0.25, -0.2) is 4.79 Å². The summed E-state index contributed by atoms with van der Waals surface area (Å²) in [7, 11) is 0. The van der Waals surface area contributed by atoms with Gasteiger partial charge in [0.05, 0.1) is 4.92 Å². The van der Waals surface area contributed by atoms with Gasteiger partial charge in [0.15, 0.2) is 0 Å². The first-order valence-electron chi connectivity index (χ1n) is 5.44. The average Bonchev–Trinajstić information content (AvgIpc) is 2.38. The van der Waals surface area contributed by atoms with Crippen LogP contribution < -0.4 is 4.74 Å². The highest BCUT2D eigenvalue weighted by molar-refractivity contribution is 6.33. The first-order valence-corrected chi connectivity index (χ1v) is 5.81. The number of rotatable bonds is 3. The second-order valence-electron chi connectivity index (χ2n) is 3.75. The summed E-state index contributed by atoms with van der Waals surface area (Å²) in [6, 6.07) is 9.70. The molecule has 20 heavy (non-hydrogen) atoms. The molecule has 0 aromatic heterocycles. The number of phenolic OH excluding ortho intramolecular Hbond substituents is 1. The lowest BCUT2D eigenvalue weighted by Gasteiger charge is -2.06. The highest BCUT2D eigenvalue weighted by Gasteiger charge is 2.23. The normalized spacial score (nSPS) is 10.1. The average molecular weight is 294 g/mol. The molecular weight excluding hydrogens is 286 g/mol. The minimum atomic E-state index is -0.909. The molecule has 102 valence electrons. The highest BCUT2D eigenvalue weighted by Crippen LogP contribution is 2.34. The summed E-state index contributed by atoms with van der Waals surface area (Å²) in [5.41, 5.74) is -0.597. The number of carbonyl (C=O) groups excluding carboxylic acids is 1. The number of phenols is 1. The van der Waals surface area contributed by atoms with Crippen molar-refractivity contribution in [2.75, 3.05) is 0 Å². The molecule has 2 aromatic carbocycles. The van der Waals surface area contributed by atoms with Gasteiger partial charge in [-0.2, -0.15) is 0 Å². The molecule has 0 saturated heterocycles. The molecule has 2 rings (SSSR count). The summed E-state index contributed by atoms with van der Waals surface area (Å²) in [6.45, 7) is 0. The molecule has 0 aliphatic carbocycles. The second kappa shape index (κ2) is 5.58. The van der Waals surface area contributed by atoms with Gasteiger partial charge in [0.2, 0.25) is 5.75 Å². The lowest BCUT2D eigenvalue weighted by atomic mass is 10.2. The van der Waals surface area contributed by atoms with E-state index in [1.807, 2.05) is 0 Å². The van der Waals surface area contributed by atoms with Gasteiger partial charge in [-0.1, -0.05) is 29.8 Å². The Hall–Kier alpha value is -2.60. The Morgan fingerprint density at radius 1 is 1.20 bits per heavy atom. The molecule has 6 nitrogen and oxygen atoms in total. The maximum Gasteiger partial charge on any atom is 0.347 e. The summed E-state index contributed by atoms with van der Waals surface area (Å²) in [5.74, 6) is -1.47. The van der Waals surface area contributed by atoms with Crippen LogP contribution in [0.3, 0.4) is 0 Å². The van der Waals surface area contributed by atoms with E-state index < -0.39 is 16.6 Å². The molecular formula is C13H8ClNO5. The van der Waals surface area contributed by atoms with Crippen LogP contribution >= 0.6 is 11.6 Å². The number of aromatic hydroxyl groups is 1. The Morgan fingerprint density at radius 3 is 2.55 bits per heavy atom. The summed E-state index contributed by atoms with van der Waals surface area (Å²) >= 11 is 5.70. The van der Waals surface area contributed by atoms with Crippen LogP contribution in [0.5, 0.6) is 11.5 Å². The smallest absolute Gasteiger partial charge is 0.347 e. The second-order valence-corrected chi connectivity index (χ2v) is 4.16. The zero-order chi connectivity index (χ0) is 14.7. The molecule has 0 spiro atoms. The molecule has 7 heteroatoms. The number of hydrogen-bond acceptors (Lipinski definition) is 5. The van der Waals surface area contributed by atoms with Crippen molar-refractivity contribution in [1.82, 2.24) is 0 Å². The quantitative estimate of drug-likeness (QED) is 0.406. The molecule has 0 aliphatic heterocycles. The third-order valence-electron chi connectivity index (χ3n) is 2.46. The molecule has 1 N–H and O–H groups in total. The van der Waals surface area contributed by atoms with E-state index in [9.17, 15) is 20.0 Å². The first-order chi connectivity index (χ1) is 9.50. The molecule has 0 fully saturated rings. The van der Waals surface area contributed by atoms with Gasteiger partial charge < -0.3 is 9.84 Å². The van der Waals surface area contributed by atoms with Crippen LogP contribution in [-0.2, 0) is 0 Å². The largest absolute Gasteiger partial charge is 0.507 e. The predicted octanol–water partition coefficient (Wildman–Crippen LogP) is 3.17. The number of ether oxygens (including phenoxy) is 1. The third-order valence-corrected chi connectivity index (χ3v) is 2.76. The number of para-hydroxylation sites is 2. The number of nitro benzene ring substituents is 1. The Morgan fingerprint density at radius 2 is 1.90 bits per heavy atom. The van der Waals surface area contributed by atoms with Gasteiger partial charge in [-0.05, 0) is 24.3 Å². The Kier molecular flexibility index (Phi) is 3.86. The highest BCUT2D eigenvalue weighted by atomic mass is 35.5. The molecule has 0 unspecified atom stereocenters. The zero-order valence-corrected chi connectivity index (χ0v) is 10.7. The van der Waals surface area contributed by atoms with E-state index in [-0.39, 0.29) is 22.1 Å². The van der Waals surface area contributed by atoms with Crippen molar-refractivity contribution in [1.29, 1.82) is 0 Å². The van der Waals surface area contributed by atoms with E-state index in [1.165, 1.54) is 42.5 Å². The van der Waals surface area contributed by atoms with Gasteiger partial charge in [-0.15, -0.1) is 0 Å². The summed E-state index contributed by atoms with van der Waals surface area (Å²) < 4.78 is 4.93. The third kappa shape index (κ3) is 2.70. The summed E-state index contributed by atoms with van der Waals surface area (Å²) in [5, 5.41) is 20.3. The van der Waals surface area contributed by atoms with Crippen LogP contribution in [0.15, 0.2) is 42.5 Å². The van der Waals surface area contributed by atoms with Crippen molar-refractivity contribution in [3.8, 4) is 11.5 Å². The maximum atomic E-state index is 11.9. The van der Waals surface area contributed by atoms with E-state index in [0.29, 0.717) is 0 Å². The van der Waals surface area contributed by atoms with Crippen LogP contribution in [-0.4, -0.2) is 16.0 Å². The number of nitro groups is 1. The maximum absolute atomic E-state index is 11.9. The minimum absolute atomic E-state index is 0.0956. The van der Waals surface area contributed by atoms with Crippen molar-refractivity contribution in [3.05, 3.63) is 63.2 Å². The first kappa shape index (κ1) is 13.8. The summed E-state index contributed by atoms with van der Waals surface area (Å²) in [6.07, 6.45) is 0. The fourth-order valence-electron chi connectivity index (χ4n) is 1.56.